The summed E-state index contributed by atoms with van der Waals surface area (Å²) < 4.78 is 10.5. The Morgan fingerprint density at radius 3 is 1.92 bits per heavy atom. The molecule has 5 heteroatoms. The van der Waals surface area contributed by atoms with E-state index in [1.807, 2.05) is 74.5 Å². The second-order valence-electron chi connectivity index (χ2n) is 6.17. The van der Waals surface area contributed by atoms with E-state index >= 15 is 0 Å². The number of esters is 1. The van der Waals surface area contributed by atoms with Gasteiger partial charge in [-0.15, -0.1) is 0 Å². The van der Waals surface area contributed by atoms with Crippen molar-refractivity contribution < 1.29 is 19.1 Å². The van der Waals surface area contributed by atoms with Gasteiger partial charge in [0.05, 0.1) is 12.5 Å². The standard InChI is InChI=1S/C21H25NO4/c1-4-15-22-20(24)26-18(19(23)25-3)21(2,16-11-7-5-8-12-16)17-13-9-6-10-14-17/h5-14,18H,4,15H2,1-3H3,(H,22,24)/t18-/m1/s1. The lowest BCUT2D eigenvalue weighted by atomic mass is 9.72. The van der Waals surface area contributed by atoms with E-state index in [1.165, 1.54) is 7.11 Å². The molecule has 26 heavy (non-hydrogen) atoms. The molecule has 2 aromatic rings. The maximum absolute atomic E-state index is 12.6. The van der Waals surface area contributed by atoms with Crippen molar-refractivity contribution in [1.82, 2.24) is 5.32 Å². The van der Waals surface area contributed by atoms with Crippen LogP contribution in [0.15, 0.2) is 60.7 Å². The molecule has 2 rings (SSSR count). The van der Waals surface area contributed by atoms with Crippen LogP contribution in [0, 0.1) is 0 Å². The SMILES string of the molecule is CCCNC(=O)O[C@H](C(=O)OC)C(C)(c1ccccc1)c1ccccc1. The van der Waals surface area contributed by atoms with E-state index in [-0.39, 0.29) is 0 Å². The van der Waals surface area contributed by atoms with Crippen LogP contribution in [0.1, 0.15) is 31.4 Å². The van der Waals surface area contributed by atoms with Gasteiger partial charge in [-0.25, -0.2) is 9.59 Å². The molecule has 0 aliphatic rings. The van der Waals surface area contributed by atoms with Crippen molar-refractivity contribution in [2.24, 2.45) is 0 Å². The van der Waals surface area contributed by atoms with Crippen molar-refractivity contribution in [2.45, 2.75) is 31.8 Å². The molecule has 0 unspecified atom stereocenters. The van der Waals surface area contributed by atoms with E-state index < -0.39 is 23.6 Å². The number of carbonyl (C=O) groups excluding carboxylic acids is 2. The number of hydrogen-bond donors (Lipinski definition) is 1. The molecule has 0 heterocycles. The van der Waals surface area contributed by atoms with E-state index in [0.29, 0.717) is 6.54 Å². The minimum atomic E-state index is -1.13. The minimum Gasteiger partial charge on any atom is -0.466 e. The highest BCUT2D eigenvalue weighted by Crippen LogP contribution is 2.37. The number of alkyl carbamates (subject to hydrolysis) is 1. The van der Waals surface area contributed by atoms with Gasteiger partial charge in [0, 0.05) is 6.54 Å². The molecule has 5 nitrogen and oxygen atoms in total. The highest BCUT2D eigenvalue weighted by atomic mass is 16.6. The first-order valence-electron chi connectivity index (χ1n) is 8.67. The van der Waals surface area contributed by atoms with E-state index in [1.54, 1.807) is 0 Å². The van der Waals surface area contributed by atoms with Crippen molar-refractivity contribution in [3.63, 3.8) is 0 Å². The van der Waals surface area contributed by atoms with Gasteiger partial charge >= 0.3 is 12.1 Å². The average molecular weight is 355 g/mol. The van der Waals surface area contributed by atoms with Crippen LogP contribution < -0.4 is 5.32 Å². The Balaban J connectivity index is 2.52. The van der Waals surface area contributed by atoms with Crippen molar-refractivity contribution in [1.29, 1.82) is 0 Å². The van der Waals surface area contributed by atoms with Crippen molar-refractivity contribution in [3.05, 3.63) is 71.8 Å². The summed E-state index contributed by atoms with van der Waals surface area (Å²) in [5.41, 5.74) is 0.800. The number of rotatable bonds is 7. The molecule has 0 spiro atoms. The highest BCUT2D eigenvalue weighted by Gasteiger charge is 2.45. The molecule has 1 N–H and O–H groups in total. The summed E-state index contributed by atoms with van der Waals surface area (Å²) in [4.78, 5) is 24.8. The van der Waals surface area contributed by atoms with E-state index in [0.717, 1.165) is 17.5 Å². The Morgan fingerprint density at radius 2 is 1.50 bits per heavy atom. The molecular formula is C21H25NO4. The normalized spacial score (nSPS) is 12.1. The summed E-state index contributed by atoms with van der Waals surface area (Å²) in [6, 6.07) is 19.0. The van der Waals surface area contributed by atoms with Gasteiger partial charge in [0.15, 0.2) is 0 Å². The third kappa shape index (κ3) is 4.23. The number of hydrogen-bond acceptors (Lipinski definition) is 4. The first kappa shape index (κ1) is 19.5. The monoisotopic (exact) mass is 355 g/mol. The minimum absolute atomic E-state index is 0.472. The molecule has 0 aromatic heterocycles. The number of methoxy groups -OCH3 is 1. The van der Waals surface area contributed by atoms with Gasteiger partial charge in [-0.2, -0.15) is 0 Å². The van der Waals surface area contributed by atoms with E-state index in [9.17, 15) is 9.59 Å². The maximum Gasteiger partial charge on any atom is 0.408 e. The van der Waals surface area contributed by atoms with Crippen LogP contribution in [0.25, 0.3) is 0 Å². The van der Waals surface area contributed by atoms with Crippen molar-refractivity contribution >= 4 is 12.1 Å². The van der Waals surface area contributed by atoms with Crippen LogP contribution in [-0.4, -0.2) is 31.8 Å². The number of amides is 1. The second kappa shape index (κ2) is 9.04. The van der Waals surface area contributed by atoms with Gasteiger partial charge in [-0.3, -0.25) is 0 Å². The summed E-state index contributed by atoms with van der Waals surface area (Å²) in [6.45, 7) is 4.29. The molecule has 138 valence electrons. The van der Waals surface area contributed by atoms with Crippen LogP contribution in [0.2, 0.25) is 0 Å². The number of carbonyl (C=O) groups is 2. The van der Waals surface area contributed by atoms with E-state index in [2.05, 4.69) is 5.32 Å². The molecule has 0 radical (unpaired) electrons. The summed E-state index contributed by atoms with van der Waals surface area (Å²) in [5.74, 6) is -0.605. The predicted molar refractivity (Wildman–Crippen MR) is 99.9 cm³/mol. The average Bonchev–Trinajstić information content (AvgIpc) is 2.70. The van der Waals surface area contributed by atoms with Crippen LogP contribution in [0.4, 0.5) is 4.79 Å². The molecule has 1 atom stereocenters. The molecule has 0 saturated heterocycles. The number of ether oxygens (including phenoxy) is 2. The van der Waals surface area contributed by atoms with Gasteiger partial charge in [0.1, 0.15) is 0 Å². The van der Waals surface area contributed by atoms with Gasteiger partial charge in [-0.05, 0) is 24.5 Å². The van der Waals surface area contributed by atoms with Crippen LogP contribution >= 0.6 is 0 Å². The fourth-order valence-electron chi connectivity index (χ4n) is 2.92. The van der Waals surface area contributed by atoms with Gasteiger partial charge in [0.2, 0.25) is 6.10 Å². The molecular weight excluding hydrogens is 330 g/mol. The molecule has 0 bridgehead atoms. The Labute approximate surface area is 154 Å². The van der Waals surface area contributed by atoms with Crippen LogP contribution in [0.5, 0.6) is 0 Å². The summed E-state index contributed by atoms with van der Waals surface area (Å²) in [7, 11) is 1.29. The van der Waals surface area contributed by atoms with Crippen LogP contribution in [0.3, 0.4) is 0 Å². The molecule has 0 aliphatic heterocycles. The molecule has 0 saturated carbocycles. The third-order valence-electron chi connectivity index (χ3n) is 4.43. The number of nitrogens with one attached hydrogen (secondary N) is 1. The molecule has 1 amide bonds. The molecule has 0 fully saturated rings. The van der Waals surface area contributed by atoms with Gasteiger partial charge < -0.3 is 14.8 Å². The lowest BCUT2D eigenvalue weighted by Crippen LogP contribution is -2.48. The third-order valence-corrected chi connectivity index (χ3v) is 4.43. The number of benzene rings is 2. The quantitative estimate of drug-likeness (QED) is 0.770. The Hall–Kier alpha value is -2.82. The maximum atomic E-state index is 12.6. The Bertz CT molecular complexity index is 676. The largest absolute Gasteiger partial charge is 0.466 e. The Kier molecular flexibility index (Phi) is 6.78. The van der Waals surface area contributed by atoms with Gasteiger partial charge in [-0.1, -0.05) is 67.6 Å². The highest BCUT2D eigenvalue weighted by molar-refractivity contribution is 5.81. The van der Waals surface area contributed by atoms with Crippen molar-refractivity contribution in [3.8, 4) is 0 Å². The summed E-state index contributed by atoms with van der Waals surface area (Å²) in [5, 5.41) is 2.65. The lowest BCUT2D eigenvalue weighted by Gasteiger charge is -2.36. The predicted octanol–water partition coefficient (Wildman–Crippen LogP) is 3.67. The second-order valence-corrected chi connectivity index (χ2v) is 6.17. The fourth-order valence-corrected chi connectivity index (χ4v) is 2.92. The Morgan fingerprint density at radius 1 is 1.00 bits per heavy atom. The molecule has 2 aromatic carbocycles. The summed E-state index contributed by atoms with van der Waals surface area (Å²) >= 11 is 0. The summed E-state index contributed by atoms with van der Waals surface area (Å²) in [6.07, 6.45) is -0.999. The zero-order valence-corrected chi connectivity index (χ0v) is 15.4. The van der Waals surface area contributed by atoms with Crippen molar-refractivity contribution in [2.75, 3.05) is 13.7 Å². The first-order chi connectivity index (χ1) is 12.5. The first-order valence-corrected chi connectivity index (χ1v) is 8.67. The van der Waals surface area contributed by atoms with Gasteiger partial charge in [0.25, 0.3) is 0 Å². The zero-order valence-electron chi connectivity index (χ0n) is 15.4. The topological polar surface area (TPSA) is 64.6 Å². The molecule has 0 aliphatic carbocycles. The van der Waals surface area contributed by atoms with Crippen LogP contribution in [-0.2, 0) is 19.7 Å². The fraction of sp³-hybridized carbons (Fsp3) is 0.333. The zero-order chi connectivity index (χ0) is 19.0. The smallest absolute Gasteiger partial charge is 0.408 e. The lowest BCUT2D eigenvalue weighted by molar-refractivity contribution is -0.153. The van der Waals surface area contributed by atoms with E-state index in [4.69, 9.17) is 9.47 Å².